The predicted octanol–water partition coefficient (Wildman–Crippen LogP) is 1.28. The third-order valence-electron chi connectivity index (χ3n) is 2.69. The summed E-state index contributed by atoms with van der Waals surface area (Å²) in [5, 5.41) is 6.42. The summed E-state index contributed by atoms with van der Waals surface area (Å²) in [6.07, 6.45) is 4.44. The topological polar surface area (TPSA) is 41.1 Å². The van der Waals surface area contributed by atoms with E-state index < -0.39 is 0 Å². The van der Waals surface area contributed by atoms with Crippen LogP contribution < -0.4 is 10.6 Å². The second kappa shape index (κ2) is 8.25. The van der Waals surface area contributed by atoms with Gasteiger partial charge in [-0.3, -0.25) is 4.79 Å². The summed E-state index contributed by atoms with van der Waals surface area (Å²) in [7, 11) is 0. The second-order valence-electron chi connectivity index (χ2n) is 3.84. The molecule has 1 aliphatic rings. The molecule has 0 radical (unpaired) electrons. The molecule has 1 heterocycles. The van der Waals surface area contributed by atoms with Gasteiger partial charge in [-0.05, 0) is 45.0 Å². The highest BCUT2D eigenvalue weighted by Gasteiger charge is 2.15. The molecule has 1 amide bonds. The Morgan fingerprint density at radius 3 is 2.93 bits per heavy atom. The number of amides is 1. The van der Waals surface area contributed by atoms with Gasteiger partial charge in [0.05, 0.1) is 5.25 Å². The van der Waals surface area contributed by atoms with Crippen molar-refractivity contribution >= 4 is 30.1 Å². The van der Waals surface area contributed by atoms with Gasteiger partial charge < -0.3 is 10.6 Å². The van der Waals surface area contributed by atoms with E-state index in [2.05, 4.69) is 10.6 Å². The van der Waals surface area contributed by atoms with Crippen LogP contribution in [0.1, 0.15) is 19.8 Å². The average Bonchev–Trinajstić information content (AvgIpc) is 2.26. The Kier molecular flexibility index (Phi) is 8.29. The molecule has 2 unspecified atom stereocenters. The largest absolute Gasteiger partial charge is 0.355 e. The van der Waals surface area contributed by atoms with Crippen molar-refractivity contribution in [2.45, 2.75) is 25.0 Å². The molecule has 0 spiro atoms. The molecule has 1 rings (SSSR count). The minimum Gasteiger partial charge on any atom is -0.355 e. The monoisotopic (exact) mass is 252 g/mol. The van der Waals surface area contributed by atoms with Gasteiger partial charge >= 0.3 is 0 Å². The van der Waals surface area contributed by atoms with Crippen LogP contribution in [0.3, 0.4) is 0 Å². The minimum absolute atomic E-state index is 0. The molecule has 15 heavy (non-hydrogen) atoms. The van der Waals surface area contributed by atoms with Crippen molar-refractivity contribution in [2.24, 2.45) is 5.92 Å². The first-order valence-corrected chi connectivity index (χ1v) is 6.54. The van der Waals surface area contributed by atoms with Crippen molar-refractivity contribution in [3.05, 3.63) is 0 Å². The Bertz CT molecular complexity index is 186. The van der Waals surface area contributed by atoms with Crippen LogP contribution in [0.15, 0.2) is 0 Å². The van der Waals surface area contributed by atoms with Gasteiger partial charge in [0.2, 0.25) is 5.91 Å². The number of hydrogen-bond acceptors (Lipinski definition) is 3. The number of rotatable bonds is 4. The summed E-state index contributed by atoms with van der Waals surface area (Å²) in [4.78, 5) is 11.5. The first-order valence-electron chi connectivity index (χ1n) is 5.25. The molecule has 0 saturated carbocycles. The van der Waals surface area contributed by atoms with E-state index in [1.54, 1.807) is 11.8 Å². The van der Waals surface area contributed by atoms with Gasteiger partial charge in [-0.15, -0.1) is 12.4 Å². The van der Waals surface area contributed by atoms with Gasteiger partial charge in [0.15, 0.2) is 0 Å². The second-order valence-corrected chi connectivity index (χ2v) is 5.01. The van der Waals surface area contributed by atoms with Crippen LogP contribution in [0.4, 0.5) is 0 Å². The molecule has 5 heteroatoms. The molecule has 3 nitrogen and oxygen atoms in total. The predicted molar refractivity (Wildman–Crippen MR) is 68.8 cm³/mol. The van der Waals surface area contributed by atoms with Crippen LogP contribution in [0, 0.1) is 5.92 Å². The third kappa shape index (κ3) is 5.64. The van der Waals surface area contributed by atoms with Crippen molar-refractivity contribution in [2.75, 3.05) is 25.9 Å². The number of thioether (sulfide) groups is 1. The Balaban J connectivity index is 0.00000196. The molecule has 1 fully saturated rings. The molecule has 90 valence electrons. The number of halogens is 1. The summed E-state index contributed by atoms with van der Waals surface area (Å²) in [5.74, 6) is 0.796. The van der Waals surface area contributed by atoms with Crippen molar-refractivity contribution in [1.29, 1.82) is 0 Å². The summed E-state index contributed by atoms with van der Waals surface area (Å²) in [6, 6.07) is 0. The van der Waals surface area contributed by atoms with Crippen LogP contribution in [-0.2, 0) is 4.79 Å². The number of hydrogen-bond donors (Lipinski definition) is 2. The van der Waals surface area contributed by atoms with E-state index in [9.17, 15) is 4.79 Å². The van der Waals surface area contributed by atoms with E-state index in [0.29, 0.717) is 5.92 Å². The maximum atomic E-state index is 11.5. The SMILES string of the molecule is CSC(C)C(=O)NCC1CCCNC1.Cl. The summed E-state index contributed by atoms with van der Waals surface area (Å²) in [6.45, 7) is 4.95. The first-order chi connectivity index (χ1) is 6.74. The molecule has 0 aromatic rings. The van der Waals surface area contributed by atoms with E-state index in [4.69, 9.17) is 0 Å². The molecule has 1 saturated heterocycles. The lowest BCUT2D eigenvalue weighted by Crippen LogP contribution is -2.40. The molecule has 0 aliphatic carbocycles. The lowest BCUT2D eigenvalue weighted by atomic mass is 10.00. The zero-order valence-corrected chi connectivity index (χ0v) is 11.0. The standard InChI is InChI=1S/C10H20N2OS.ClH/c1-8(14-2)10(13)12-7-9-4-3-5-11-6-9;/h8-9,11H,3-7H2,1-2H3,(H,12,13);1H. The lowest BCUT2D eigenvalue weighted by molar-refractivity contribution is -0.120. The smallest absolute Gasteiger partial charge is 0.232 e. The fourth-order valence-electron chi connectivity index (χ4n) is 1.59. The molecule has 2 N–H and O–H groups in total. The van der Waals surface area contributed by atoms with Crippen molar-refractivity contribution < 1.29 is 4.79 Å². The zero-order valence-electron chi connectivity index (χ0n) is 9.41. The lowest BCUT2D eigenvalue weighted by Gasteiger charge is -2.23. The minimum atomic E-state index is 0. The van der Waals surface area contributed by atoms with E-state index in [1.807, 2.05) is 13.2 Å². The average molecular weight is 253 g/mol. The first kappa shape index (κ1) is 15.1. The number of nitrogens with one attached hydrogen (secondary N) is 2. The molecule has 0 bridgehead atoms. The molecule has 0 aromatic heterocycles. The molecular weight excluding hydrogens is 232 g/mol. The van der Waals surface area contributed by atoms with Crippen molar-refractivity contribution in [3.63, 3.8) is 0 Å². The zero-order chi connectivity index (χ0) is 10.4. The number of piperidine rings is 1. The molecule has 1 aliphatic heterocycles. The van der Waals surface area contributed by atoms with Crippen LogP contribution in [0.2, 0.25) is 0 Å². The maximum absolute atomic E-state index is 11.5. The Morgan fingerprint density at radius 1 is 1.67 bits per heavy atom. The van der Waals surface area contributed by atoms with Gasteiger partial charge in [0, 0.05) is 6.54 Å². The van der Waals surface area contributed by atoms with Gasteiger partial charge in [0.1, 0.15) is 0 Å². The summed E-state index contributed by atoms with van der Waals surface area (Å²) < 4.78 is 0. The highest BCUT2D eigenvalue weighted by Crippen LogP contribution is 2.09. The van der Waals surface area contributed by atoms with E-state index in [1.165, 1.54) is 12.8 Å². The van der Waals surface area contributed by atoms with Gasteiger partial charge in [0.25, 0.3) is 0 Å². The molecular formula is C10H21ClN2OS. The fraction of sp³-hybridized carbons (Fsp3) is 0.900. The van der Waals surface area contributed by atoms with Gasteiger partial charge in [-0.2, -0.15) is 11.8 Å². The molecule has 2 atom stereocenters. The van der Waals surface area contributed by atoms with Crippen LogP contribution in [0.25, 0.3) is 0 Å². The van der Waals surface area contributed by atoms with Crippen LogP contribution in [0.5, 0.6) is 0 Å². The molecule has 0 aromatic carbocycles. The van der Waals surface area contributed by atoms with Crippen LogP contribution >= 0.6 is 24.2 Å². The highest BCUT2D eigenvalue weighted by atomic mass is 35.5. The third-order valence-corrected chi connectivity index (χ3v) is 3.61. The maximum Gasteiger partial charge on any atom is 0.232 e. The normalized spacial score (nSPS) is 22.7. The van der Waals surface area contributed by atoms with E-state index in [-0.39, 0.29) is 23.6 Å². The Morgan fingerprint density at radius 2 is 2.40 bits per heavy atom. The highest BCUT2D eigenvalue weighted by molar-refractivity contribution is 7.99. The van der Waals surface area contributed by atoms with E-state index in [0.717, 1.165) is 19.6 Å². The van der Waals surface area contributed by atoms with Crippen LogP contribution in [-0.4, -0.2) is 37.0 Å². The fourth-order valence-corrected chi connectivity index (χ4v) is 1.89. The summed E-state index contributed by atoms with van der Waals surface area (Å²) in [5.41, 5.74) is 0. The van der Waals surface area contributed by atoms with Crippen molar-refractivity contribution in [3.8, 4) is 0 Å². The Hall–Kier alpha value is 0.0700. The van der Waals surface area contributed by atoms with Crippen molar-refractivity contribution in [1.82, 2.24) is 10.6 Å². The van der Waals surface area contributed by atoms with Gasteiger partial charge in [-0.25, -0.2) is 0 Å². The number of carbonyl (C=O) groups excluding carboxylic acids is 1. The quantitative estimate of drug-likeness (QED) is 0.792. The number of carbonyl (C=O) groups is 1. The Labute approximate surface area is 103 Å². The van der Waals surface area contributed by atoms with Gasteiger partial charge in [-0.1, -0.05) is 0 Å². The summed E-state index contributed by atoms with van der Waals surface area (Å²) >= 11 is 1.59. The van der Waals surface area contributed by atoms with E-state index >= 15 is 0 Å².